The monoisotopic (exact) mass is 275 g/mol. The fourth-order valence-corrected chi connectivity index (χ4v) is 3.30. The lowest BCUT2D eigenvalue weighted by Gasteiger charge is -2.06. The molecule has 2 aromatic rings. The quantitative estimate of drug-likeness (QED) is 0.927. The summed E-state index contributed by atoms with van der Waals surface area (Å²) in [4.78, 5) is 2.65. The van der Waals surface area contributed by atoms with Crippen molar-refractivity contribution in [2.45, 2.75) is 19.3 Å². The van der Waals surface area contributed by atoms with Crippen molar-refractivity contribution in [3.05, 3.63) is 35.2 Å². The maximum atomic E-state index is 5.62. The Morgan fingerprint density at radius 3 is 2.89 bits per heavy atom. The molecule has 3 nitrogen and oxygen atoms in total. The lowest BCUT2D eigenvalue weighted by atomic mass is 10.1. The van der Waals surface area contributed by atoms with E-state index in [4.69, 9.17) is 15.2 Å². The Labute approximate surface area is 117 Å². The Morgan fingerprint density at radius 1 is 1.21 bits per heavy atom. The second-order valence-corrected chi connectivity index (χ2v) is 5.86. The maximum absolute atomic E-state index is 5.62. The molecule has 0 bridgehead atoms. The first-order valence-corrected chi connectivity index (χ1v) is 7.29. The number of fused-ring (bicyclic) bond motifs is 1. The van der Waals surface area contributed by atoms with Crippen LogP contribution in [0.15, 0.2) is 30.3 Å². The summed E-state index contributed by atoms with van der Waals surface area (Å²) in [5.41, 5.74) is 6.80. The average molecular weight is 275 g/mol. The van der Waals surface area contributed by atoms with Crippen LogP contribution in [-0.2, 0) is 0 Å². The summed E-state index contributed by atoms with van der Waals surface area (Å²) in [6.07, 6.45) is 1.03. The van der Waals surface area contributed by atoms with Gasteiger partial charge in [-0.25, -0.2) is 0 Å². The van der Waals surface area contributed by atoms with Gasteiger partial charge >= 0.3 is 0 Å². The van der Waals surface area contributed by atoms with Crippen molar-refractivity contribution in [2.75, 3.05) is 13.3 Å². The van der Waals surface area contributed by atoms with E-state index in [1.54, 1.807) is 0 Å². The fraction of sp³-hybridized carbons (Fsp3) is 0.333. The van der Waals surface area contributed by atoms with E-state index in [-0.39, 0.29) is 0 Å². The molecule has 0 spiro atoms. The van der Waals surface area contributed by atoms with Gasteiger partial charge in [-0.05, 0) is 54.8 Å². The third-order valence-electron chi connectivity index (χ3n) is 3.37. The van der Waals surface area contributed by atoms with Crippen molar-refractivity contribution in [1.29, 1.82) is 0 Å². The molecule has 3 rings (SSSR count). The molecule has 0 radical (unpaired) electrons. The lowest BCUT2D eigenvalue weighted by molar-refractivity contribution is 0.174. The van der Waals surface area contributed by atoms with Crippen molar-refractivity contribution in [1.82, 2.24) is 0 Å². The Bertz CT molecular complexity index is 579. The Kier molecular flexibility index (Phi) is 3.44. The topological polar surface area (TPSA) is 44.5 Å². The van der Waals surface area contributed by atoms with E-state index >= 15 is 0 Å². The first kappa shape index (κ1) is 12.5. The minimum absolute atomic E-state index is 0.321. The first-order chi connectivity index (χ1) is 9.28. The summed E-state index contributed by atoms with van der Waals surface area (Å²) in [6.45, 7) is 3.28. The Morgan fingerprint density at radius 2 is 2.05 bits per heavy atom. The zero-order chi connectivity index (χ0) is 13.2. The summed E-state index contributed by atoms with van der Waals surface area (Å²) < 4.78 is 10.8. The first-order valence-electron chi connectivity index (χ1n) is 6.48. The van der Waals surface area contributed by atoms with E-state index in [1.807, 2.05) is 23.5 Å². The second-order valence-electron chi connectivity index (χ2n) is 4.75. The van der Waals surface area contributed by atoms with Crippen LogP contribution in [0.2, 0.25) is 0 Å². The van der Waals surface area contributed by atoms with Crippen molar-refractivity contribution < 1.29 is 9.47 Å². The number of hydrogen-bond donors (Lipinski definition) is 1. The van der Waals surface area contributed by atoms with Crippen molar-refractivity contribution in [3.8, 4) is 21.9 Å². The lowest BCUT2D eigenvalue weighted by Crippen LogP contribution is -2.03. The van der Waals surface area contributed by atoms with Crippen LogP contribution in [0.25, 0.3) is 10.4 Å². The van der Waals surface area contributed by atoms with Crippen LogP contribution in [0.4, 0.5) is 0 Å². The van der Waals surface area contributed by atoms with Gasteiger partial charge in [-0.3, -0.25) is 0 Å². The molecule has 1 aliphatic rings. The fourth-order valence-electron chi connectivity index (χ4n) is 2.21. The number of ether oxygens (including phenoxy) is 2. The molecule has 19 heavy (non-hydrogen) atoms. The van der Waals surface area contributed by atoms with Gasteiger partial charge < -0.3 is 15.2 Å². The molecule has 1 aliphatic heterocycles. The van der Waals surface area contributed by atoms with Crippen LogP contribution in [0, 0.1) is 0 Å². The SMILES string of the molecule is CC(CCN)c1ccc(-c2ccc3c(c2)OCO3)s1. The summed E-state index contributed by atoms with van der Waals surface area (Å²) in [5.74, 6) is 2.19. The van der Waals surface area contributed by atoms with Gasteiger partial charge in [0.05, 0.1) is 0 Å². The zero-order valence-electron chi connectivity index (χ0n) is 10.9. The van der Waals surface area contributed by atoms with E-state index in [2.05, 4.69) is 25.1 Å². The number of nitrogens with two attached hydrogens (primary N) is 1. The summed E-state index contributed by atoms with van der Waals surface area (Å²) >= 11 is 1.83. The Balaban J connectivity index is 1.86. The smallest absolute Gasteiger partial charge is 0.231 e. The van der Waals surface area contributed by atoms with E-state index in [1.165, 1.54) is 15.3 Å². The zero-order valence-corrected chi connectivity index (χ0v) is 11.7. The van der Waals surface area contributed by atoms with Crippen molar-refractivity contribution >= 4 is 11.3 Å². The van der Waals surface area contributed by atoms with E-state index in [0.29, 0.717) is 12.7 Å². The molecule has 0 fully saturated rings. The molecule has 0 aliphatic carbocycles. The minimum Gasteiger partial charge on any atom is -0.454 e. The molecule has 1 atom stereocenters. The molecule has 1 aromatic carbocycles. The number of rotatable bonds is 4. The van der Waals surface area contributed by atoms with Gasteiger partial charge in [0.1, 0.15) is 0 Å². The average Bonchev–Trinajstić information content (AvgIpc) is 3.07. The molecule has 1 aromatic heterocycles. The van der Waals surface area contributed by atoms with Gasteiger partial charge in [0.2, 0.25) is 6.79 Å². The third-order valence-corrected chi connectivity index (χ3v) is 4.74. The van der Waals surface area contributed by atoms with Gasteiger partial charge in [0.25, 0.3) is 0 Å². The van der Waals surface area contributed by atoms with Gasteiger partial charge in [-0.15, -0.1) is 11.3 Å². The van der Waals surface area contributed by atoms with Crippen LogP contribution >= 0.6 is 11.3 Å². The van der Waals surface area contributed by atoms with Crippen molar-refractivity contribution in [2.24, 2.45) is 5.73 Å². The maximum Gasteiger partial charge on any atom is 0.231 e. The molecule has 2 heterocycles. The predicted octanol–water partition coefficient (Wildman–Crippen LogP) is 3.60. The largest absolute Gasteiger partial charge is 0.454 e. The third kappa shape index (κ3) is 2.46. The van der Waals surface area contributed by atoms with E-state index < -0.39 is 0 Å². The second kappa shape index (κ2) is 5.23. The number of benzene rings is 1. The molecule has 2 N–H and O–H groups in total. The predicted molar refractivity (Wildman–Crippen MR) is 78.0 cm³/mol. The normalized spacial score (nSPS) is 14.6. The summed E-state index contributed by atoms with van der Waals surface area (Å²) in [5, 5.41) is 0. The molecular weight excluding hydrogens is 258 g/mol. The summed E-state index contributed by atoms with van der Waals surface area (Å²) in [6, 6.07) is 10.5. The standard InChI is InChI=1S/C15H17NO2S/c1-10(6-7-16)14-4-5-15(19-14)11-2-3-12-13(8-11)18-9-17-12/h2-5,8,10H,6-7,9,16H2,1H3. The highest BCUT2D eigenvalue weighted by Crippen LogP contribution is 2.39. The molecule has 0 saturated heterocycles. The van der Waals surface area contributed by atoms with E-state index in [0.717, 1.165) is 24.5 Å². The van der Waals surface area contributed by atoms with Crippen LogP contribution in [0.5, 0.6) is 11.5 Å². The molecular formula is C15H17NO2S. The van der Waals surface area contributed by atoms with Gasteiger partial charge in [0, 0.05) is 9.75 Å². The molecule has 1 unspecified atom stereocenters. The summed E-state index contributed by atoms with van der Waals surface area (Å²) in [7, 11) is 0. The molecule has 0 amide bonds. The number of hydrogen-bond acceptors (Lipinski definition) is 4. The molecule has 4 heteroatoms. The van der Waals surface area contributed by atoms with Crippen molar-refractivity contribution in [3.63, 3.8) is 0 Å². The highest BCUT2D eigenvalue weighted by molar-refractivity contribution is 7.15. The van der Waals surface area contributed by atoms with Gasteiger partial charge in [-0.1, -0.05) is 6.92 Å². The van der Waals surface area contributed by atoms with Crippen LogP contribution < -0.4 is 15.2 Å². The van der Waals surface area contributed by atoms with Crippen LogP contribution in [-0.4, -0.2) is 13.3 Å². The van der Waals surface area contributed by atoms with Crippen LogP contribution in [0.3, 0.4) is 0 Å². The van der Waals surface area contributed by atoms with Gasteiger partial charge in [0.15, 0.2) is 11.5 Å². The highest BCUT2D eigenvalue weighted by atomic mass is 32.1. The van der Waals surface area contributed by atoms with Gasteiger partial charge in [-0.2, -0.15) is 0 Å². The highest BCUT2D eigenvalue weighted by Gasteiger charge is 2.15. The van der Waals surface area contributed by atoms with E-state index in [9.17, 15) is 0 Å². The minimum atomic E-state index is 0.321. The Hall–Kier alpha value is -1.52. The molecule has 0 saturated carbocycles. The van der Waals surface area contributed by atoms with Crippen LogP contribution in [0.1, 0.15) is 24.1 Å². The molecule has 100 valence electrons. The number of thiophene rings is 1.